The van der Waals surface area contributed by atoms with Crippen LogP contribution in [0.1, 0.15) is 30.6 Å². The van der Waals surface area contributed by atoms with Crippen molar-refractivity contribution in [3.63, 3.8) is 0 Å². The minimum absolute atomic E-state index is 0.0584. The first kappa shape index (κ1) is 13.1. The van der Waals surface area contributed by atoms with Crippen LogP contribution in [0.3, 0.4) is 0 Å². The molecular weight excluding hydrogens is 282 g/mol. The van der Waals surface area contributed by atoms with Gasteiger partial charge in [-0.1, -0.05) is 12.8 Å². The van der Waals surface area contributed by atoms with Gasteiger partial charge in [0.25, 0.3) is 0 Å². The Hall–Kier alpha value is -0.910. The third kappa shape index (κ3) is 2.68. The van der Waals surface area contributed by atoms with Crippen LogP contribution < -0.4 is 5.32 Å². The van der Waals surface area contributed by atoms with Gasteiger partial charge in [0, 0.05) is 4.88 Å². The van der Waals surface area contributed by atoms with Crippen molar-refractivity contribution >= 4 is 39.0 Å². The molecular formula is C13H16ClN3OS. The molecule has 102 valence electrons. The van der Waals surface area contributed by atoms with Crippen molar-refractivity contribution in [2.24, 2.45) is 0 Å². The van der Waals surface area contributed by atoms with Gasteiger partial charge in [-0.05, 0) is 37.4 Å². The minimum atomic E-state index is -0.308. The van der Waals surface area contributed by atoms with E-state index in [0.717, 1.165) is 41.7 Å². The summed E-state index contributed by atoms with van der Waals surface area (Å²) in [5.41, 5.74) is 0. The Morgan fingerprint density at radius 1 is 1.37 bits per heavy atom. The molecule has 2 unspecified atom stereocenters. The first-order valence-corrected chi connectivity index (χ1v) is 7.71. The van der Waals surface area contributed by atoms with Gasteiger partial charge in [-0.15, -0.1) is 11.3 Å². The van der Waals surface area contributed by atoms with Gasteiger partial charge in [0.05, 0.1) is 17.5 Å². The molecule has 0 bridgehead atoms. The molecule has 6 heteroatoms. The van der Waals surface area contributed by atoms with Crippen LogP contribution in [0.5, 0.6) is 0 Å². The summed E-state index contributed by atoms with van der Waals surface area (Å²) in [6.45, 7) is 2.04. The van der Waals surface area contributed by atoms with E-state index in [1.54, 1.807) is 11.3 Å². The maximum atomic E-state index is 10.0. The molecule has 2 heterocycles. The highest BCUT2D eigenvalue weighted by Gasteiger charge is 2.24. The molecule has 2 aromatic rings. The van der Waals surface area contributed by atoms with Gasteiger partial charge < -0.3 is 10.4 Å². The fourth-order valence-electron chi connectivity index (χ4n) is 2.58. The van der Waals surface area contributed by atoms with Crippen molar-refractivity contribution in [3.8, 4) is 0 Å². The Labute approximate surface area is 120 Å². The molecule has 0 aliphatic heterocycles. The van der Waals surface area contributed by atoms with Crippen LogP contribution in [-0.4, -0.2) is 27.2 Å². The molecule has 0 radical (unpaired) electrons. The van der Waals surface area contributed by atoms with E-state index in [1.807, 2.05) is 6.92 Å². The molecule has 1 saturated carbocycles. The van der Waals surface area contributed by atoms with Crippen molar-refractivity contribution in [2.45, 2.75) is 44.8 Å². The average molecular weight is 298 g/mol. The third-order valence-electron chi connectivity index (χ3n) is 3.54. The number of hydrogen-bond acceptors (Lipinski definition) is 5. The van der Waals surface area contributed by atoms with Gasteiger partial charge in [0.2, 0.25) is 5.28 Å². The Kier molecular flexibility index (Phi) is 3.60. The second-order valence-corrected chi connectivity index (χ2v) is 6.59. The Balaban J connectivity index is 1.95. The predicted octanol–water partition coefficient (Wildman–Crippen LogP) is 3.37. The molecule has 1 aliphatic carbocycles. The number of nitrogens with zero attached hydrogens (tertiary/aromatic N) is 2. The number of anilines is 1. The highest BCUT2D eigenvalue weighted by Crippen LogP contribution is 2.31. The number of fused-ring (bicyclic) bond motifs is 1. The van der Waals surface area contributed by atoms with Crippen LogP contribution in [0.25, 0.3) is 10.2 Å². The normalized spacial score (nSPS) is 23.7. The minimum Gasteiger partial charge on any atom is -0.391 e. The van der Waals surface area contributed by atoms with Crippen molar-refractivity contribution in [2.75, 3.05) is 5.32 Å². The Bertz CT molecular complexity index is 601. The molecule has 2 atom stereocenters. The van der Waals surface area contributed by atoms with E-state index in [4.69, 9.17) is 11.6 Å². The van der Waals surface area contributed by atoms with E-state index < -0.39 is 0 Å². The molecule has 0 saturated heterocycles. The third-order valence-corrected chi connectivity index (χ3v) is 4.65. The fraction of sp³-hybridized carbons (Fsp3) is 0.538. The number of nitrogens with one attached hydrogen (secondary N) is 1. The topological polar surface area (TPSA) is 58.0 Å². The molecule has 0 aromatic carbocycles. The van der Waals surface area contributed by atoms with Crippen LogP contribution in [-0.2, 0) is 0 Å². The molecule has 1 aliphatic rings. The SMILES string of the molecule is Cc1cc2c(NC3CCCCC3O)nc(Cl)nc2s1. The summed E-state index contributed by atoms with van der Waals surface area (Å²) in [6, 6.07) is 2.12. The summed E-state index contributed by atoms with van der Waals surface area (Å²) in [5, 5.41) is 14.6. The molecule has 1 fully saturated rings. The summed E-state index contributed by atoms with van der Waals surface area (Å²) in [4.78, 5) is 10.6. The van der Waals surface area contributed by atoms with E-state index in [0.29, 0.717) is 0 Å². The number of thiophene rings is 1. The number of aryl methyl sites for hydroxylation is 1. The lowest BCUT2D eigenvalue weighted by molar-refractivity contribution is 0.116. The summed E-state index contributed by atoms with van der Waals surface area (Å²) in [6.07, 6.45) is 3.74. The highest BCUT2D eigenvalue weighted by atomic mass is 35.5. The smallest absolute Gasteiger partial charge is 0.225 e. The van der Waals surface area contributed by atoms with Gasteiger partial charge in [-0.2, -0.15) is 0 Å². The summed E-state index contributed by atoms with van der Waals surface area (Å²) < 4.78 is 0. The second-order valence-electron chi connectivity index (χ2n) is 5.02. The van der Waals surface area contributed by atoms with Crippen LogP contribution in [0.4, 0.5) is 5.82 Å². The zero-order chi connectivity index (χ0) is 13.4. The van der Waals surface area contributed by atoms with Crippen molar-refractivity contribution in [3.05, 3.63) is 16.2 Å². The lowest BCUT2D eigenvalue weighted by atomic mass is 9.92. The number of aliphatic hydroxyl groups is 1. The number of rotatable bonds is 2. The van der Waals surface area contributed by atoms with Crippen LogP contribution in [0.2, 0.25) is 5.28 Å². The van der Waals surface area contributed by atoms with Gasteiger partial charge in [-0.3, -0.25) is 0 Å². The van der Waals surface area contributed by atoms with E-state index in [-0.39, 0.29) is 17.4 Å². The van der Waals surface area contributed by atoms with Crippen molar-refractivity contribution in [1.82, 2.24) is 9.97 Å². The lowest BCUT2D eigenvalue weighted by Gasteiger charge is -2.28. The summed E-state index contributed by atoms with van der Waals surface area (Å²) in [7, 11) is 0. The van der Waals surface area contributed by atoms with Gasteiger partial charge in [0.15, 0.2) is 0 Å². The number of aliphatic hydroxyl groups excluding tert-OH is 1. The Morgan fingerprint density at radius 3 is 2.95 bits per heavy atom. The zero-order valence-electron chi connectivity index (χ0n) is 10.7. The predicted molar refractivity (Wildman–Crippen MR) is 79.0 cm³/mol. The summed E-state index contributed by atoms with van der Waals surface area (Å²) in [5.74, 6) is 0.741. The van der Waals surface area contributed by atoms with E-state index in [1.165, 1.54) is 4.88 Å². The molecule has 3 rings (SSSR count). The largest absolute Gasteiger partial charge is 0.391 e. The van der Waals surface area contributed by atoms with Gasteiger partial charge >= 0.3 is 0 Å². The van der Waals surface area contributed by atoms with Crippen molar-refractivity contribution < 1.29 is 5.11 Å². The Morgan fingerprint density at radius 2 is 2.16 bits per heavy atom. The average Bonchev–Trinajstić information content (AvgIpc) is 2.72. The zero-order valence-corrected chi connectivity index (χ0v) is 12.3. The first-order valence-electron chi connectivity index (χ1n) is 6.52. The number of aromatic nitrogens is 2. The van der Waals surface area contributed by atoms with E-state index >= 15 is 0 Å². The summed E-state index contributed by atoms with van der Waals surface area (Å²) >= 11 is 7.57. The molecule has 4 nitrogen and oxygen atoms in total. The maximum Gasteiger partial charge on any atom is 0.225 e. The van der Waals surface area contributed by atoms with Gasteiger partial charge in [-0.25, -0.2) is 9.97 Å². The highest BCUT2D eigenvalue weighted by molar-refractivity contribution is 7.18. The maximum absolute atomic E-state index is 10.0. The standard InChI is InChI=1S/C13H16ClN3OS/c1-7-6-8-11(16-13(14)17-12(8)19-7)15-9-4-2-3-5-10(9)18/h6,9-10,18H,2-5H2,1H3,(H,15,16,17). The van der Waals surface area contributed by atoms with Crippen LogP contribution in [0.15, 0.2) is 6.07 Å². The van der Waals surface area contributed by atoms with E-state index in [2.05, 4.69) is 21.4 Å². The lowest BCUT2D eigenvalue weighted by Crippen LogP contribution is -2.36. The molecule has 2 N–H and O–H groups in total. The molecule has 0 spiro atoms. The molecule has 2 aromatic heterocycles. The first-order chi connectivity index (χ1) is 9.13. The van der Waals surface area contributed by atoms with Crippen LogP contribution >= 0.6 is 22.9 Å². The van der Waals surface area contributed by atoms with Crippen molar-refractivity contribution in [1.29, 1.82) is 0 Å². The second kappa shape index (κ2) is 5.23. The van der Waals surface area contributed by atoms with E-state index in [9.17, 15) is 5.11 Å². The van der Waals surface area contributed by atoms with Crippen LogP contribution in [0, 0.1) is 6.92 Å². The fourth-order valence-corrected chi connectivity index (χ4v) is 3.68. The number of halogens is 1. The monoisotopic (exact) mass is 297 g/mol. The molecule has 19 heavy (non-hydrogen) atoms. The molecule has 0 amide bonds. The van der Waals surface area contributed by atoms with Gasteiger partial charge in [0.1, 0.15) is 10.6 Å². The quantitative estimate of drug-likeness (QED) is 0.835. The number of hydrogen-bond donors (Lipinski definition) is 2.